The molecule has 1 aliphatic heterocycles. The normalized spacial score (nSPS) is 19.1. The summed E-state index contributed by atoms with van der Waals surface area (Å²) in [5.74, 6) is -6.10. The van der Waals surface area contributed by atoms with Gasteiger partial charge in [-0.15, -0.1) is 0 Å². The summed E-state index contributed by atoms with van der Waals surface area (Å²) < 4.78 is 0. The summed E-state index contributed by atoms with van der Waals surface area (Å²) in [5.41, 5.74) is -4.63. The first-order valence-electron chi connectivity index (χ1n) is 9.17. The van der Waals surface area contributed by atoms with Crippen molar-refractivity contribution in [1.82, 2.24) is 20.4 Å². The molecule has 29 heavy (non-hydrogen) atoms. The zero-order chi connectivity index (χ0) is 22.1. The van der Waals surface area contributed by atoms with E-state index in [1.165, 1.54) is 4.90 Å². The molecule has 0 amide bonds. The van der Waals surface area contributed by atoms with Crippen LogP contribution in [0.3, 0.4) is 0 Å². The average Bonchev–Trinajstić information content (AvgIpc) is 2.66. The molecule has 0 atom stereocenters. The van der Waals surface area contributed by atoms with Crippen molar-refractivity contribution in [3.8, 4) is 0 Å². The van der Waals surface area contributed by atoms with E-state index in [0.717, 1.165) is 4.90 Å². The van der Waals surface area contributed by atoms with Gasteiger partial charge in [0.2, 0.25) is 0 Å². The highest BCUT2D eigenvalue weighted by Gasteiger charge is 2.59. The minimum Gasteiger partial charge on any atom is -0.479 e. The van der Waals surface area contributed by atoms with Crippen LogP contribution in [0.4, 0.5) is 0 Å². The van der Waals surface area contributed by atoms with E-state index in [2.05, 4.69) is 10.6 Å². The van der Waals surface area contributed by atoms with Gasteiger partial charge in [-0.05, 0) is 0 Å². The quantitative estimate of drug-likeness (QED) is 0.174. The molecule has 168 valence electrons. The van der Waals surface area contributed by atoms with Gasteiger partial charge in [-0.1, -0.05) is 0 Å². The fraction of sp³-hybridized carbons (Fsp3) is 0.812. The van der Waals surface area contributed by atoms with Crippen LogP contribution in [-0.2, 0) is 14.4 Å². The van der Waals surface area contributed by atoms with Crippen LogP contribution in [0.5, 0.6) is 0 Å². The number of carboxylic acids is 3. The van der Waals surface area contributed by atoms with Crippen LogP contribution >= 0.6 is 0 Å². The van der Waals surface area contributed by atoms with Gasteiger partial charge in [0.05, 0.1) is 25.4 Å². The molecule has 0 aliphatic carbocycles. The minimum atomic E-state index is -3.20. The monoisotopic (exact) mass is 422 g/mol. The SMILES string of the molecule is O=C(O)C(C(=O)O)(C(=O)O)N1CCNCCNCCN(C(CO)(CO)CO)CC1. The van der Waals surface area contributed by atoms with Crippen molar-refractivity contribution in [3.05, 3.63) is 0 Å². The number of aliphatic hydroxyl groups excluding tert-OH is 3. The number of aliphatic hydroxyl groups is 3. The summed E-state index contributed by atoms with van der Waals surface area (Å²) in [6.07, 6.45) is 0. The third-order valence-electron chi connectivity index (χ3n) is 5.19. The van der Waals surface area contributed by atoms with Gasteiger partial charge in [0, 0.05) is 52.4 Å². The molecule has 1 saturated heterocycles. The van der Waals surface area contributed by atoms with Crippen molar-refractivity contribution in [1.29, 1.82) is 0 Å². The second-order valence-corrected chi connectivity index (χ2v) is 6.80. The molecule has 13 nitrogen and oxygen atoms in total. The highest BCUT2D eigenvalue weighted by molar-refractivity contribution is 6.21. The third-order valence-corrected chi connectivity index (χ3v) is 5.19. The molecule has 0 saturated carbocycles. The van der Waals surface area contributed by atoms with E-state index in [1.807, 2.05) is 0 Å². The molecule has 0 bridgehead atoms. The number of hydrogen-bond acceptors (Lipinski definition) is 10. The maximum Gasteiger partial charge on any atom is 0.347 e. The predicted octanol–water partition coefficient (Wildman–Crippen LogP) is -4.51. The molecular formula is C16H30N4O9. The maximum atomic E-state index is 11.8. The van der Waals surface area contributed by atoms with Gasteiger partial charge in [-0.2, -0.15) is 0 Å². The van der Waals surface area contributed by atoms with Crippen molar-refractivity contribution in [2.75, 3.05) is 72.2 Å². The molecule has 8 N–H and O–H groups in total. The summed E-state index contributed by atoms with van der Waals surface area (Å²) in [7, 11) is 0. The molecule has 0 aromatic rings. The second-order valence-electron chi connectivity index (χ2n) is 6.80. The van der Waals surface area contributed by atoms with Crippen molar-refractivity contribution in [2.24, 2.45) is 0 Å². The largest absolute Gasteiger partial charge is 0.479 e. The lowest BCUT2D eigenvalue weighted by atomic mass is 9.96. The lowest BCUT2D eigenvalue weighted by molar-refractivity contribution is -0.179. The minimum absolute atomic E-state index is 0.0983. The van der Waals surface area contributed by atoms with Crippen molar-refractivity contribution in [2.45, 2.75) is 11.1 Å². The molecule has 0 aromatic heterocycles. The van der Waals surface area contributed by atoms with Gasteiger partial charge < -0.3 is 41.3 Å². The van der Waals surface area contributed by atoms with E-state index in [1.54, 1.807) is 0 Å². The van der Waals surface area contributed by atoms with Gasteiger partial charge in [0.1, 0.15) is 0 Å². The lowest BCUT2D eigenvalue weighted by Crippen LogP contribution is -2.68. The van der Waals surface area contributed by atoms with E-state index in [9.17, 15) is 45.0 Å². The molecule has 1 heterocycles. The van der Waals surface area contributed by atoms with Gasteiger partial charge in [0.15, 0.2) is 0 Å². The van der Waals surface area contributed by atoms with Crippen LogP contribution in [-0.4, -0.2) is 142 Å². The lowest BCUT2D eigenvalue weighted by Gasteiger charge is -2.42. The van der Waals surface area contributed by atoms with Crippen LogP contribution in [0, 0.1) is 0 Å². The van der Waals surface area contributed by atoms with Crippen LogP contribution in [0.2, 0.25) is 0 Å². The Morgan fingerprint density at radius 1 is 0.655 bits per heavy atom. The zero-order valence-electron chi connectivity index (χ0n) is 16.1. The van der Waals surface area contributed by atoms with Crippen LogP contribution in [0.15, 0.2) is 0 Å². The molecule has 1 aliphatic rings. The standard InChI is InChI=1S/C16H30N4O9/c21-9-15(10-22,11-23)19-5-3-17-1-2-18-4-6-20(8-7-19)16(12(24)25,13(26)27)14(28)29/h17-18,21-23H,1-11H2,(H,24,25)(H,26,27)(H,28,29). The van der Waals surface area contributed by atoms with Crippen molar-refractivity contribution < 1.29 is 45.0 Å². The first-order valence-corrected chi connectivity index (χ1v) is 9.17. The number of carbonyl (C=O) groups is 3. The summed E-state index contributed by atoms with van der Waals surface area (Å²) >= 11 is 0. The highest BCUT2D eigenvalue weighted by atomic mass is 16.4. The van der Waals surface area contributed by atoms with Crippen LogP contribution in [0.25, 0.3) is 0 Å². The fourth-order valence-corrected chi connectivity index (χ4v) is 3.26. The van der Waals surface area contributed by atoms with Gasteiger partial charge in [0.25, 0.3) is 0 Å². The smallest absolute Gasteiger partial charge is 0.347 e. The van der Waals surface area contributed by atoms with Crippen molar-refractivity contribution >= 4 is 17.9 Å². The Labute approximate surface area is 167 Å². The second kappa shape index (κ2) is 11.3. The number of rotatable bonds is 8. The Morgan fingerprint density at radius 2 is 1.03 bits per heavy atom. The number of nitrogens with one attached hydrogen (secondary N) is 2. The zero-order valence-corrected chi connectivity index (χ0v) is 16.1. The summed E-state index contributed by atoms with van der Waals surface area (Å²) in [5, 5.41) is 63.8. The predicted molar refractivity (Wildman–Crippen MR) is 98.5 cm³/mol. The molecule has 0 radical (unpaired) electrons. The number of hydrogen-bond donors (Lipinski definition) is 8. The van der Waals surface area contributed by atoms with Crippen LogP contribution < -0.4 is 10.6 Å². The Kier molecular flexibility index (Phi) is 9.85. The Hall–Kier alpha value is -1.87. The Balaban J connectivity index is 3.29. The first kappa shape index (κ1) is 25.2. The molecule has 0 aromatic carbocycles. The van der Waals surface area contributed by atoms with Gasteiger partial charge in [-0.3, -0.25) is 9.80 Å². The third kappa shape index (κ3) is 5.39. The molecule has 1 rings (SSSR count). The fourth-order valence-electron chi connectivity index (χ4n) is 3.26. The van der Waals surface area contributed by atoms with E-state index < -0.39 is 48.8 Å². The highest BCUT2D eigenvalue weighted by Crippen LogP contribution is 2.20. The molecule has 1 fully saturated rings. The van der Waals surface area contributed by atoms with E-state index in [4.69, 9.17) is 0 Å². The Morgan fingerprint density at radius 3 is 1.41 bits per heavy atom. The summed E-state index contributed by atoms with van der Waals surface area (Å²) in [6, 6.07) is 0. The molecule has 13 heteroatoms. The van der Waals surface area contributed by atoms with E-state index in [-0.39, 0.29) is 32.7 Å². The number of aliphatic carboxylic acids is 3. The molecule has 0 unspecified atom stereocenters. The Bertz CT molecular complexity index is 526. The number of nitrogens with zero attached hydrogens (tertiary/aromatic N) is 2. The molecule has 0 spiro atoms. The summed E-state index contributed by atoms with van der Waals surface area (Å²) in [6.45, 7) is -0.643. The molecular weight excluding hydrogens is 392 g/mol. The van der Waals surface area contributed by atoms with Crippen LogP contribution in [0.1, 0.15) is 0 Å². The topological polar surface area (TPSA) is 203 Å². The number of carboxylic acid groups (broad SMARTS) is 3. The van der Waals surface area contributed by atoms with E-state index in [0.29, 0.717) is 19.6 Å². The van der Waals surface area contributed by atoms with Gasteiger partial charge in [-0.25, -0.2) is 14.4 Å². The maximum absolute atomic E-state index is 11.8. The van der Waals surface area contributed by atoms with Crippen molar-refractivity contribution in [3.63, 3.8) is 0 Å². The van der Waals surface area contributed by atoms with E-state index >= 15 is 0 Å². The summed E-state index contributed by atoms with van der Waals surface area (Å²) in [4.78, 5) is 37.6. The first-order chi connectivity index (χ1) is 13.7. The van der Waals surface area contributed by atoms with Gasteiger partial charge >= 0.3 is 23.4 Å². The average molecular weight is 422 g/mol.